The highest BCUT2D eigenvalue weighted by atomic mass is 16.5. The second kappa shape index (κ2) is 10.2. The molecule has 2 fully saturated rings. The Labute approximate surface area is 148 Å². The largest absolute Gasteiger partial charge is 0.385 e. The SMILES string of the molecule is CCNC(=NCC1(C)CCCC1)N1CCC(OCCCOC)CC1. The van der Waals surface area contributed by atoms with Gasteiger partial charge in [-0.05, 0) is 44.4 Å². The van der Waals surface area contributed by atoms with Crippen LogP contribution in [-0.4, -0.2) is 63.5 Å². The number of hydrogen-bond acceptors (Lipinski definition) is 3. The van der Waals surface area contributed by atoms with E-state index in [4.69, 9.17) is 14.5 Å². The van der Waals surface area contributed by atoms with Crippen LogP contribution in [0.5, 0.6) is 0 Å². The summed E-state index contributed by atoms with van der Waals surface area (Å²) in [5, 5.41) is 3.49. The molecule has 1 aliphatic carbocycles. The minimum atomic E-state index is 0.397. The number of piperidine rings is 1. The molecule has 0 unspecified atom stereocenters. The summed E-state index contributed by atoms with van der Waals surface area (Å²) < 4.78 is 11.0. The highest BCUT2D eigenvalue weighted by Crippen LogP contribution is 2.37. The van der Waals surface area contributed by atoms with Gasteiger partial charge in [-0.1, -0.05) is 19.8 Å². The number of hydrogen-bond donors (Lipinski definition) is 1. The van der Waals surface area contributed by atoms with Crippen LogP contribution in [-0.2, 0) is 9.47 Å². The van der Waals surface area contributed by atoms with Crippen molar-refractivity contribution < 1.29 is 9.47 Å². The first kappa shape index (κ1) is 19.5. The molecule has 5 nitrogen and oxygen atoms in total. The van der Waals surface area contributed by atoms with Gasteiger partial charge in [0.05, 0.1) is 6.10 Å². The van der Waals surface area contributed by atoms with E-state index in [9.17, 15) is 0 Å². The maximum atomic E-state index is 5.96. The summed E-state index contributed by atoms with van der Waals surface area (Å²) in [5.74, 6) is 1.10. The molecule has 2 rings (SSSR count). The first-order valence-electron chi connectivity index (χ1n) is 9.81. The summed E-state index contributed by atoms with van der Waals surface area (Å²) >= 11 is 0. The minimum absolute atomic E-state index is 0.397. The van der Waals surface area contributed by atoms with Crippen molar-refractivity contribution >= 4 is 5.96 Å². The molecule has 2 aliphatic rings. The molecule has 1 N–H and O–H groups in total. The molecule has 0 aromatic carbocycles. The quantitative estimate of drug-likeness (QED) is 0.419. The standard InChI is InChI=1S/C19H37N3O2/c1-4-20-18(21-16-19(2)10-5-6-11-19)22-12-8-17(9-13-22)24-15-7-14-23-3/h17H,4-16H2,1-3H3,(H,20,21). The molecule has 0 radical (unpaired) electrons. The zero-order chi connectivity index (χ0) is 17.3. The number of nitrogens with one attached hydrogen (secondary N) is 1. The Kier molecular flexibility index (Phi) is 8.33. The molecule has 0 bridgehead atoms. The van der Waals surface area contributed by atoms with Crippen molar-refractivity contribution in [1.29, 1.82) is 0 Å². The van der Waals surface area contributed by atoms with Crippen LogP contribution >= 0.6 is 0 Å². The third kappa shape index (κ3) is 6.25. The number of ether oxygens (including phenoxy) is 2. The molecule has 24 heavy (non-hydrogen) atoms. The van der Waals surface area contributed by atoms with Gasteiger partial charge in [-0.15, -0.1) is 0 Å². The van der Waals surface area contributed by atoms with Crippen LogP contribution in [0, 0.1) is 5.41 Å². The Bertz CT molecular complexity index is 373. The minimum Gasteiger partial charge on any atom is -0.385 e. The predicted octanol–water partition coefficient (Wildman–Crippen LogP) is 3.05. The number of guanidine groups is 1. The van der Waals surface area contributed by atoms with E-state index in [0.29, 0.717) is 11.5 Å². The molecular formula is C19H37N3O2. The van der Waals surface area contributed by atoms with Gasteiger partial charge in [0, 0.05) is 46.5 Å². The van der Waals surface area contributed by atoms with Crippen LogP contribution in [0.2, 0.25) is 0 Å². The van der Waals surface area contributed by atoms with E-state index in [1.54, 1.807) is 7.11 Å². The summed E-state index contributed by atoms with van der Waals surface area (Å²) in [6.45, 7) is 10.1. The fraction of sp³-hybridized carbons (Fsp3) is 0.947. The Hall–Kier alpha value is -0.810. The zero-order valence-electron chi connectivity index (χ0n) is 16.0. The summed E-state index contributed by atoms with van der Waals surface area (Å²) in [7, 11) is 1.74. The van der Waals surface area contributed by atoms with E-state index in [-0.39, 0.29) is 0 Å². The lowest BCUT2D eigenvalue weighted by Crippen LogP contribution is -2.47. The molecule has 5 heteroatoms. The monoisotopic (exact) mass is 339 g/mol. The lowest BCUT2D eigenvalue weighted by molar-refractivity contribution is 0.00987. The first-order valence-corrected chi connectivity index (χ1v) is 9.81. The number of nitrogens with zero attached hydrogens (tertiary/aromatic N) is 2. The first-order chi connectivity index (χ1) is 11.7. The van der Waals surface area contributed by atoms with Crippen LogP contribution in [0.25, 0.3) is 0 Å². The molecule has 1 aliphatic heterocycles. The molecular weight excluding hydrogens is 302 g/mol. The number of rotatable bonds is 8. The van der Waals surface area contributed by atoms with Gasteiger partial charge in [0.25, 0.3) is 0 Å². The number of methoxy groups -OCH3 is 1. The van der Waals surface area contributed by atoms with E-state index in [2.05, 4.69) is 24.1 Å². The van der Waals surface area contributed by atoms with Crippen LogP contribution in [0.15, 0.2) is 4.99 Å². The van der Waals surface area contributed by atoms with Gasteiger partial charge in [-0.25, -0.2) is 0 Å². The fourth-order valence-corrected chi connectivity index (χ4v) is 3.77. The third-order valence-corrected chi connectivity index (χ3v) is 5.34. The summed E-state index contributed by atoms with van der Waals surface area (Å²) in [4.78, 5) is 7.39. The lowest BCUT2D eigenvalue weighted by atomic mass is 9.89. The summed E-state index contributed by atoms with van der Waals surface area (Å²) in [6.07, 6.45) is 8.96. The van der Waals surface area contributed by atoms with E-state index in [0.717, 1.165) is 64.6 Å². The van der Waals surface area contributed by atoms with Gasteiger partial charge >= 0.3 is 0 Å². The highest BCUT2D eigenvalue weighted by Gasteiger charge is 2.29. The Morgan fingerprint density at radius 3 is 2.54 bits per heavy atom. The van der Waals surface area contributed by atoms with Gasteiger partial charge in [-0.3, -0.25) is 4.99 Å². The van der Waals surface area contributed by atoms with E-state index >= 15 is 0 Å². The van der Waals surface area contributed by atoms with E-state index in [1.807, 2.05) is 0 Å². The smallest absolute Gasteiger partial charge is 0.193 e. The second-order valence-corrected chi connectivity index (χ2v) is 7.59. The van der Waals surface area contributed by atoms with E-state index in [1.165, 1.54) is 25.7 Å². The van der Waals surface area contributed by atoms with Crippen molar-refractivity contribution in [2.45, 2.75) is 64.9 Å². The van der Waals surface area contributed by atoms with Crippen molar-refractivity contribution in [2.75, 3.05) is 46.5 Å². The third-order valence-electron chi connectivity index (χ3n) is 5.34. The van der Waals surface area contributed by atoms with Crippen molar-refractivity contribution in [3.05, 3.63) is 0 Å². The van der Waals surface area contributed by atoms with Gasteiger partial charge in [0.15, 0.2) is 5.96 Å². The lowest BCUT2D eigenvalue weighted by Gasteiger charge is -2.34. The molecule has 140 valence electrons. The van der Waals surface area contributed by atoms with Gasteiger partial charge in [0.1, 0.15) is 0 Å². The summed E-state index contributed by atoms with van der Waals surface area (Å²) in [6, 6.07) is 0. The Morgan fingerprint density at radius 1 is 1.21 bits per heavy atom. The summed E-state index contributed by atoms with van der Waals surface area (Å²) in [5.41, 5.74) is 0.420. The van der Waals surface area contributed by atoms with Crippen molar-refractivity contribution in [3.63, 3.8) is 0 Å². The van der Waals surface area contributed by atoms with Crippen LogP contribution in [0.1, 0.15) is 58.8 Å². The number of aliphatic imine (C=N–C) groups is 1. The van der Waals surface area contributed by atoms with Gasteiger partial charge < -0.3 is 19.7 Å². The average molecular weight is 340 g/mol. The number of likely N-dealkylation sites (tertiary alicyclic amines) is 1. The topological polar surface area (TPSA) is 46.1 Å². The van der Waals surface area contributed by atoms with Gasteiger partial charge in [0.2, 0.25) is 0 Å². The zero-order valence-corrected chi connectivity index (χ0v) is 16.0. The van der Waals surface area contributed by atoms with Crippen molar-refractivity contribution in [1.82, 2.24) is 10.2 Å². The van der Waals surface area contributed by atoms with Gasteiger partial charge in [-0.2, -0.15) is 0 Å². The molecule has 0 aromatic rings. The fourth-order valence-electron chi connectivity index (χ4n) is 3.77. The molecule has 1 saturated heterocycles. The Morgan fingerprint density at radius 2 is 1.92 bits per heavy atom. The molecule has 1 heterocycles. The van der Waals surface area contributed by atoms with Crippen LogP contribution in [0.4, 0.5) is 0 Å². The molecule has 0 spiro atoms. The molecule has 1 saturated carbocycles. The molecule has 0 aromatic heterocycles. The van der Waals surface area contributed by atoms with Crippen molar-refractivity contribution in [3.8, 4) is 0 Å². The average Bonchev–Trinajstić information content (AvgIpc) is 3.03. The maximum Gasteiger partial charge on any atom is 0.193 e. The van der Waals surface area contributed by atoms with E-state index < -0.39 is 0 Å². The Balaban J connectivity index is 1.77. The maximum absolute atomic E-state index is 5.96. The van der Waals surface area contributed by atoms with Crippen molar-refractivity contribution in [2.24, 2.45) is 10.4 Å². The normalized spacial score (nSPS) is 22.1. The van der Waals surface area contributed by atoms with Crippen LogP contribution < -0.4 is 5.32 Å². The highest BCUT2D eigenvalue weighted by molar-refractivity contribution is 5.80. The second-order valence-electron chi connectivity index (χ2n) is 7.59. The van der Waals surface area contributed by atoms with Crippen LogP contribution in [0.3, 0.4) is 0 Å². The molecule has 0 atom stereocenters. The molecule has 0 amide bonds. The predicted molar refractivity (Wildman–Crippen MR) is 99.6 cm³/mol.